The molecule has 1 aliphatic rings. The first kappa shape index (κ1) is 19.3. The molecule has 3 N–H and O–H groups in total. The zero-order valence-corrected chi connectivity index (χ0v) is 16.3. The molecule has 6 nitrogen and oxygen atoms in total. The minimum Gasteiger partial charge on any atom is -0.497 e. The number of methoxy groups -OCH3 is 2. The standard InChI is InChI=1S/C20H24ClN3O3/c1-26-15-5-3-13(4-6-15)11-24-8-7-14(12-24)23-20(25)16-9-17(21)18(22)10-19(16)27-2/h3-6,9-10,14H,7-8,11-12,22H2,1-2H3,(H,23,25). The van der Waals surface area contributed by atoms with Gasteiger partial charge >= 0.3 is 0 Å². The Balaban J connectivity index is 1.59. The fraction of sp³-hybridized carbons (Fsp3) is 0.350. The van der Waals surface area contributed by atoms with Crippen molar-refractivity contribution in [1.29, 1.82) is 0 Å². The number of nitrogen functional groups attached to an aromatic ring is 1. The van der Waals surface area contributed by atoms with E-state index in [9.17, 15) is 4.79 Å². The molecular weight excluding hydrogens is 366 g/mol. The summed E-state index contributed by atoms with van der Waals surface area (Å²) >= 11 is 6.06. The zero-order valence-electron chi connectivity index (χ0n) is 15.5. The number of hydrogen-bond acceptors (Lipinski definition) is 5. The van der Waals surface area contributed by atoms with Gasteiger partial charge in [-0.15, -0.1) is 0 Å². The lowest BCUT2D eigenvalue weighted by atomic mass is 10.1. The molecule has 0 radical (unpaired) electrons. The highest BCUT2D eigenvalue weighted by molar-refractivity contribution is 6.33. The number of nitrogens with two attached hydrogens (primary N) is 1. The third kappa shape index (κ3) is 4.64. The number of likely N-dealkylation sites (tertiary alicyclic amines) is 1. The van der Waals surface area contributed by atoms with Crippen molar-refractivity contribution in [2.45, 2.75) is 19.0 Å². The van der Waals surface area contributed by atoms with Crippen LogP contribution in [0.15, 0.2) is 36.4 Å². The molecule has 0 spiro atoms. The highest BCUT2D eigenvalue weighted by atomic mass is 35.5. The summed E-state index contributed by atoms with van der Waals surface area (Å²) in [7, 11) is 3.16. The van der Waals surface area contributed by atoms with Crippen LogP contribution in [0.3, 0.4) is 0 Å². The van der Waals surface area contributed by atoms with Gasteiger partial charge in [0.15, 0.2) is 0 Å². The lowest BCUT2D eigenvalue weighted by molar-refractivity contribution is 0.0934. The molecule has 0 aromatic heterocycles. The number of carbonyl (C=O) groups excluding carboxylic acids is 1. The first-order valence-corrected chi connectivity index (χ1v) is 9.17. The van der Waals surface area contributed by atoms with Gasteiger partial charge in [0, 0.05) is 31.7 Å². The molecule has 1 atom stereocenters. The molecule has 1 heterocycles. The SMILES string of the molecule is COc1ccc(CN2CCC(NC(=O)c3cc(Cl)c(N)cc3OC)C2)cc1. The van der Waals surface area contributed by atoms with Gasteiger partial charge in [0.05, 0.1) is 30.5 Å². The van der Waals surface area contributed by atoms with Gasteiger partial charge in [-0.05, 0) is 30.2 Å². The van der Waals surface area contributed by atoms with E-state index >= 15 is 0 Å². The van der Waals surface area contributed by atoms with Crippen molar-refractivity contribution < 1.29 is 14.3 Å². The molecule has 1 saturated heterocycles. The van der Waals surface area contributed by atoms with Crippen LogP contribution in [0.25, 0.3) is 0 Å². The number of anilines is 1. The fourth-order valence-corrected chi connectivity index (χ4v) is 3.43. The molecule has 1 aliphatic heterocycles. The monoisotopic (exact) mass is 389 g/mol. The second-order valence-electron chi connectivity index (χ2n) is 6.62. The van der Waals surface area contributed by atoms with Gasteiger partial charge in [-0.3, -0.25) is 9.69 Å². The second-order valence-corrected chi connectivity index (χ2v) is 7.02. The number of benzene rings is 2. The number of ether oxygens (including phenoxy) is 2. The van der Waals surface area contributed by atoms with E-state index in [-0.39, 0.29) is 11.9 Å². The summed E-state index contributed by atoms with van der Waals surface area (Å²) in [5.41, 5.74) is 7.78. The summed E-state index contributed by atoms with van der Waals surface area (Å²) in [6.07, 6.45) is 0.896. The van der Waals surface area contributed by atoms with E-state index in [4.69, 9.17) is 26.8 Å². The summed E-state index contributed by atoms with van der Waals surface area (Å²) in [6, 6.07) is 11.2. The molecule has 1 amide bonds. The molecule has 0 aliphatic carbocycles. The molecule has 0 bridgehead atoms. The van der Waals surface area contributed by atoms with E-state index < -0.39 is 0 Å². The number of nitrogens with one attached hydrogen (secondary N) is 1. The van der Waals surface area contributed by atoms with Crippen LogP contribution >= 0.6 is 11.6 Å². The Kier molecular flexibility index (Phi) is 6.08. The van der Waals surface area contributed by atoms with Gasteiger partial charge in [0.25, 0.3) is 5.91 Å². The Morgan fingerprint density at radius 1 is 1.26 bits per heavy atom. The molecule has 1 fully saturated rings. The summed E-state index contributed by atoms with van der Waals surface area (Å²) in [4.78, 5) is 15.0. The van der Waals surface area contributed by atoms with Crippen LogP contribution in [0.4, 0.5) is 5.69 Å². The number of carbonyl (C=O) groups is 1. The van der Waals surface area contributed by atoms with Gasteiger partial charge in [0.1, 0.15) is 11.5 Å². The Hall–Kier alpha value is -2.44. The first-order valence-electron chi connectivity index (χ1n) is 8.79. The van der Waals surface area contributed by atoms with E-state index in [2.05, 4.69) is 22.3 Å². The quantitative estimate of drug-likeness (QED) is 0.743. The number of rotatable bonds is 6. The Morgan fingerprint density at radius 2 is 2.00 bits per heavy atom. The maximum absolute atomic E-state index is 12.7. The molecular formula is C20H24ClN3O3. The fourth-order valence-electron chi connectivity index (χ4n) is 3.26. The van der Waals surface area contributed by atoms with Crippen LogP contribution in [0.1, 0.15) is 22.3 Å². The Bertz CT molecular complexity index is 811. The van der Waals surface area contributed by atoms with Crippen LogP contribution in [0, 0.1) is 0 Å². The van der Waals surface area contributed by atoms with Crippen molar-refractivity contribution in [1.82, 2.24) is 10.2 Å². The number of halogens is 1. The van der Waals surface area contributed by atoms with Crippen LogP contribution < -0.4 is 20.5 Å². The van der Waals surface area contributed by atoms with Crippen LogP contribution in [0.2, 0.25) is 5.02 Å². The second kappa shape index (κ2) is 8.50. The average molecular weight is 390 g/mol. The van der Waals surface area contributed by atoms with E-state index in [1.54, 1.807) is 19.2 Å². The number of amides is 1. The lowest BCUT2D eigenvalue weighted by Crippen LogP contribution is -2.37. The molecule has 2 aromatic carbocycles. The molecule has 0 saturated carbocycles. The van der Waals surface area contributed by atoms with E-state index in [1.165, 1.54) is 12.7 Å². The number of hydrogen-bond donors (Lipinski definition) is 2. The summed E-state index contributed by atoms with van der Waals surface area (Å²) in [5, 5.41) is 3.41. The summed E-state index contributed by atoms with van der Waals surface area (Å²) in [5.74, 6) is 1.06. The highest BCUT2D eigenvalue weighted by Gasteiger charge is 2.25. The van der Waals surface area contributed by atoms with E-state index in [1.807, 2.05) is 12.1 Å². The predicted molar refractivity (Wildman–Crippen MR) is 107 cm³/mol. The largest absolute Gasteiger partial charge is 0.497 e. The summed E-state index contributed by atoms with van der Waals surface area (Å²) in [6.45, 7) is 2.56. The van der Waals surface area contributed by atoms with E-state index in [0.29, 0.717) is 22.0 Å². The minimum atomic E-state index is -0.204. The maximum Gasteiger partial charge on any atom is 0.255 e. The van der Waals surface area contributed by atoms with Gasteiger partial charge in [0.2, 0.25) is 0 Å². The van der Waals surface area contributed by atoms with Crippen molar-refractivity contribution in [2.75, 3.05) is 33.0 Å². The molecule has 2 aromatic rings. The van der Waals surface area contributed by atoms with E-state index in [0.717, 1.165) is 31.8 Å². The molecule has 3 rings (SSSR count). The highest BCUT2D eigenvalue weighted by Crippen LogP contribution is 2.29. The lowest BCUT2D eigenvalue weighted by Gasteiger charge is -2.18. The van der Waals surface area contributed by atoms with Gasteiger partial charge in [-0.2, -0.15) is 0 Å². The third-order valence-corrected chi connectivity index (χ3v) is 5.06. The molecule has 27 heavy (non-hydrogen) atoms. The summed E-state index contributed by atoms with van der Waals surface area (Å²) < 4.78 is 10.5. The Morgan fingerprint density at radius 3 is 2.67 bits per heavy atom. The van der Waals surface area contributed by atoms with Crippen LogP contribution in [-0.2, 0) is 6.54 Å². The topological polar surface area (TPSA) is 76.8 Å². The zero-order chi connectivity index (χ0) is 19.4. The van der Waals surface area contributed by atoms with Gasteiger partial charge in [-0.1, -0.05) is 23.7 Å². The molecule has 7 heteroatoms. The smallest absolute Gasteiger partial charge is 0.255 e. The van der Waals surface area contributed by atoms with Crippen molar-refractivity contribution in [3.05, 3.63) is 52.5 Å². The normalized spacial score (nSPS) is 16.9. The average Bonchev–Trinajstić information content (AvgIpc) is 3.10. The first-order chi connectivity index (χ1) is 13.0. The van der Waals surface area contributed by atoms with Crippen LogP contribution in [-0.4, -0.2) is 44.2 Å². The Labute approximate surface area is 164 Å². The van der Waals surface area contributed by atoms with Crippen molar-refractivity contribution in [2.24, 2.45) is 0 Å². The van der Waals surface area contributed by atoms with Gasteiger partial charge < -0.3 is 20.5 Å². The van der Waals surface area contributed by atoms with Crippen molar-refractivity contribution in [3.63, 3.8) is 0 Å². The van der Waals surface area contributed by atoms with Crippen molar-refractivity contribution >= 4 is 23.2 Å². The molecule has 144 valence electrons. The minimum absolute atomic E-state index is 0.0804. The van der Waals surface area contributed by atoms with Gasteiger partial charge in [-0.25, -0.2) is 0 Å². The predicted octanol–water partition coefficient (Wildman–Crippen LogP) is 2.94. The maximum atomic E-state index is 12.7. The number of nitrogens with zero attached hydrogens (tertiary/aromatic N) is 1. The third-order valence-electron chi connectivity index (χ3n) is 4.74. The van der Waals surface area contributed by atoms with Crippen LogP contribution in [0.5, 0.6) is 11.5 Å². The molecule has 1 unspecified atom stereocenters. The van der Waals surface area contributed by atoms with Crippen molar-refractivity contribution in [3.8, 4) is 11.5 Å².